The van der Waals surface area contributed by atoms with Crippen LogP contribution < -0.4 is 4.74 Å². The molecule has 0 saturated carbocycles. The van der Waals surface area contributed by atoms with Gasteiger partial charge in [0.1, 0.15) is 5.75 Å². The molecule has 0 N–H and O–H groups in total. The first kappa shape index (κ1) is 18.4. The molecule has 0 aliphatic carbocycles. The van der Waals surface area contributed by atoms with Crippen molar-refractivity contribution in [2.24, 2.45) is 0 Å². The van der Waals surface area contributed by atoms with Gasteiger partial charge in [-0.05, 0) is 54.5 Å². The quantitative estimate of drug-likeness (QED) is 0.248. The fourth-order valence-corrected chi connectivity index (χ4v) is 3.16. The highest BCUT2D eigenvalue weighted by molar-refractivity contribution is 7.99. The van der Waals surface area contributed by atoms with Crippen LogP contribution in [0.1, 0.15) is 33.1 Å². The van der Waals surface area contributed by atoms with E-state index in [0.717, 1.165) is 11.1 Å². The van der Waals surface area contributed by atoms with Crippen LogP contribution in [0.3, 0.4) is 0 Å². The van der Waals surface area contributed by atoms with Gasteiger partial charge in [-0.1, -0.05) is 44.0 Å². The van der Waals surface area contributed by atoms with Crippen LogP contribution in [-0.4, -0.2) is 18.5 Å². The number of ether oxygens (including phenoxy) is 2. The van der Waals surface area contributed by atoms with E-state index in [2.05, 4.69) is 31.2 Å². The predicted octanol–water partition coefficient (Wildman–Crippen LogP) is 6.17. The van der Waals surface area contributed by atoms with Crippen LogP contribution in [0.25, 0.3) is 11.1 Å². The monoisotopic (exact) mass is 344 g/mol. The van der Waals surface area contributed by atoms with Crippen molar-refractivity contribution in [3.8, 4) is 16.9 Å². The first-order valence-corrected chi connectivity index (χ1v) is 9.39. The Kier molecular flexibility index (Phi) is 7.69. The average molecular weight is 344 g/mol. The summed E-state index contributed by atoms with van der Waals surface area (Å²) in [5, 5.41) is 0. The average Bonchev–Trinajstić information content (AvgIpc) is 2.60. The number of rotatable bonds is 8. The molecule has 0 unspecified atom stereocenters. The maximum absolute atomic E-state index is 11.3. The van der Waals surface area contributed by atoms with E-state index in [1.165, 1.54) is 29.9 Å². The minimum absolute atomic E-state index is 0.305. The molecule has 0 bridgehead atoms. The Bertz CT molecular complexity index is 620. The van der Waals surface area contributed by atoms with Gasteiger partial charge in [-0.25, -0.2) is 4.79 Å². The van der Waals surface area contributed by atoms with Gasteiger partial charge in [-0.2, -0.15) is 0 Å². The fourth-order valence-electron chi connectivity index (χ4n) is 2.24. The molecule has 0 spiro atoms. The summed E-state index contributed by atoms with van der Waals surface area (Å²) in [4.78, 5) is 12.6. The van der Waals surface area contributed by atoms with E-state index in [9.17, 15) is 4.79 Å². The lowest BCUT2D eigenvalue weighted by atomic mass is 10.1. The molecule has 3 nitrogen and oxygen atoms in total. The van der Waals surface area contributed by atoms with Crippen LogP contribution in [-0.2, 0) is 4.74 Å². The van der Waals surface area contributed by atoms with Gasteiger partial charge in [0.05, 0.1) is 6.61 Å². The Labute approximate surface area is 148 Å². The molecule has 0 aliphatic heterocycles. The second-order valence-corrected chi connectivity index (χ2v) is 6.56. The largest absolute Gasteiger partial charge is 0.513 e. The van der Waals surface area contributed by atoms with Crippen molar-refractivity contribution in [2.75, 3.05) is 12.4 Å². The SMILES string of the molecule is CCCCCSc1ccc(-c2ccc(OC(=O)OCC)cc2)cc1. The molecule has 0 aliphatic rings. The maximum atomic E-state index is 11.3. The molecule has 24 heavy (non-hydrogen) atoms. The zero-order chi connectivity index (χ0) is 17.2. The molecule has 2 rings (SSSR count). The predicted molar refractivity (Wildman–Crippen MR) is 99.8 cm³/mol. The normalized spacial score (nSPS) is 10.4. The minimum atomic E-state index is -0.672. The van der Waals surface area contributed by atoms with Crippen molar-refractivity contribution < 1.29 is 14.3 Å². The molecule has 0 radical (unpaired) electrons. The van der Waals surface area contributed by atoms with Crippen molar-refractivity contribution in [1.82, 2.24) is 0 Å². The topological polar surface area (TPSA) is 35.5 Å². The number of unbranched alkanes of at least 4 members (excludes halogenated alkanes) is 2. The highest BCUT2D eigenvalue weighted by atomic mass is 32.2. The number of benzene rings is 2. The van der Waals surface area contributed by atoms with Gasteiger partial charge in [0.15, 0.2) is 0 Å². The Balaban J connectivity index is 1.92. The van der Waals surface area contributed by atoms with Gasteiger partial charge in [0.2, 0.25) is 0 Å². The van der Waals surface area contributed by atoms with E-state index < -0.39 is 6.16 Å². The second kappa shape index (κ2) is 10.0. The highest BCUT2D eigenvalue weighted by Crippen LogP contribution is 2.26. The smallest absolute Gasteiger partial charge is 0.434 e. The van der Waals surface area contributed by atoms with Gasteiger partial charge in [-0.3, -0.25) is 0 Å². The number of hydrogen-bond acceptors (Lipinski definition) is 4. The molecule has 0 saturated heterocycles. The molecular weight excluding hydrogens is 320 g/mol. The summed E-state index contributed by atoms with van der Waals surface area (Å²) < 4.78 is 9.82. The number of hydrogen-bond donors (Lipinski definition) is 0. The van der Waals surface area contributed by atoms with Gasteiger partial charge < -0.3 is 9.47 Å². The van der Waals surface area contributed by atoms with E-state index >= 15 is 0 Å². The summed E-state index contributed by atoms with van der Waals surface area (Å²) in [5.74, 6) is 1.66. The van der Waals surface area contributed by atoms with Crippen LogP contribution >= 0.6 is 11.8 Å². The third-order valence-corrected chi connectivity index (χ3v) is 4.62. The summed E-state index contributed by atoms with van der Waals surface area (Å²) in [5.41, 5.74) is 2.24. The molecule has 128 valence electrons. The van der Waals surface area contributed by atoms with Crippen molar-refractivity contribution in [2.45, 2.75) is 38.0 Å². The van der Waals surface area contributed by atoms with Crippen LogP contribution in [0, 0.1) is 0 Å². The molecule has 0 atom stereocenters. The van der Waals surface area contributed by atoms with E-state index in [0.29, 0.717) is 12.4 Å². The van der Waals surface area contributed by atoms with E-state index in [-0.39, 0.29) is 0 Å². The number of carbonyl (C=O) groups excluding carboxylic acids is 1. The molecule has 0 amide bonds. The van der Waals surface area contributed by atoms with Gasteiger partial charge in [0.25, 0.3) is 0 Å². The zero-order valence-corrected chi connectivity index (χ0v) is 15.1. The lowest BCUT2D eigenvalue weighted by Gasteiger charge is -2.07. The molecule has 2 aromatic carbocycles. The van der Waals surface area contributed by atoms with Crippen molar-refractivity contribution >= 4 is 17.9 Å². The highest BCUT2D eigenvalue weighted by Gasteiger charge is 2.05. The van der Waals surface area contributed by atoms with Gasteiger partial charge in [-0.15, -0.1) is 11.8 Å². The Morgan fingerprint density at radius 3 is 2.12 bits per heavy atom. The number of carbonyl (C=O) groups is 1. The molecule has 0 fully saturated rings. The fraction of sp³-hybridized carbons (Fsp3) is 0.350. The maximum Gasteiger partial charge on any atom is 0.513 e. The lowest BCUT2D eigenvalue weighted by Crippen LogP contribution is -2.09. The summed E-state index contributed by atoms with van der Waals surface area (Å²) in [6.45, 7) is 4.28. The van der Waals surface area contributed by atoms with Gasteiger partial charge >= 0.3 is 6.16 Å². The van der Waals surface area contributed by atoms with Gasteiger partial charge in [0, 0.05) is 4.90 Å². The first-order chi connectivity index (χ1) is 11.7. The van der Waals surface area contributed by atoms with Crippen molar-refractivity contribution in [3.05, 3.63) is 48.5 Å². The third-order valence-electron chi connectivity index (χ3n) is 3.52. The summed E-state index contributed by atoms with van der Waals surface area (Å²) in [7, 11) is 0. The van der Waals surface area contributed by atoms with Crippen LogP contribution in [0.15, 0.2) is 53.4 Å². The van der Waals surface area contributed by atoms with Crippen LogP contribution in [0.4, 0.5) is 4.79 Å². The summed E-state index contributed by atoms with van der Waals surface area (Å²) in [6, 6.07) is 16.0. The Morgan fingerprint density at radius 1 is 0.917 bits per heavy atom. The standard InChI is InChI=1S/C20H24O3S/c1-3-5-6-15-24-19-13-9-17(10-14-19)16-7-11-18(12-8-16)23-20(21)22-4-2/h7-14H,3-6,15H2,1-2H3. The van der Waals surface area contributed by atoms with Crippen molar-refractivity contribution in [3.63, 3.8) is 0 Å². The molecular formula is C20H24O3S. The zero-order valence-electron chi connectivity index (χ0n) is 14.3. The lowest BCUT2D eigenvalue weighted by molar-refractivity contribution is 0.104. The van der Waals surface area contributed by atoms with E-state index in [4.69, 9.17) is 9.47 Å². The second-order valence-electron chi connectivity index (χ2n) is 5.39. The Hall–Kier alpha value is -1.94. The summed E-state index contributed by atoms with van der Waals surface area (Å²) in [6.07, 6.45) is 3.15. The summed E-state index contributed by atoms with van der Waals surface area (Å²) >= 11 is 1.91. The molecule has 0 heterocycles. The first-order valence-electron chi connectivity index (χ1n) is 8.40. The van der Waals surface area contributed by atoms with E-state index in [1.807, 2.05) is 23.9 Å². The Morgan fingerprint density at radius 2 is 1.54 bits per heavy atom. The minimum Gasteiger partial charge on any atom is -0.434 e. The molecule has 2 aromatic rings. The van der Waals surface area contributed by atoms with Crippen LogP contribution in [0.2, 0.25) is 0 Å². The van der Waals surface area contributed by atoms with Crippen LogP contribution in [0.5, 0.6) is 5.75 Å². The molecule has 0 aromatic heterocycles. The third kappa shape index (κ3) is 5.93. The molecule has 4 heteroatoms. The number of thioether (sulfide) groups is 1. The van der Waals surface area contributed by atoms with E-state index in [1.54, 1.807) is 19.1 Å². The van der Waals surface area contributed by atoms with Crippen molar-refractivity contribution in [1.29, 1.82) is 0 Å².